The summed E-state index contributed by atoms with van der Waals surface area (Å²) in [5.41, 5.74) is 2.14. The minimum absolute atomic E-state index is 0.110. The van der Waals surface area contributed by atoms with Crippen LogP contribution in [0.5, 0.6) is 5.75 Å². The molecule has 7 nitrogen and oxygen atoms in total. The first-order valence-electron chi connectivity index (χ1n) is 11.4. The Morgan fingerprint density at radius 3 is 2.52 bits per heavy atom. The number of rotatable bonds is 10. The lowest BCUT2D eigenvalue weighted by molar-refractivity contribution is -0.139. The minimum atomic E-state index is -0.665. The third kappa shape index (κ3) is 5.60. The highest BCUT2D eigenvalue weighted by Crippen LogP contribution is 2.40. The molecule has 1 fully saturated rings. The largest absolute Gasteiger partial charge is 0.507 e. The number of nitrogens with zero attached hydrogens (tertiary/aromatic N) is 3. The maximum atomic E-state index is 13.1. The second-order valence-corrected chi connectivity index (χ2v) is 8.61. The Kier molecular flexibility index (Phi) is 8.22. The summed E-state index contributed by atoms with van der Waals surface area (Å²) in [5.74, 6) is -0.702. The number of aryl methyl sites for hydroxylation is 1. The van der Waals surface area contributed by atoms with Crippen LogP contribution in [-0.2, 0) is 9.59 Å². The van der Waals surface area contributed by atoms with E-state index >= 15 is 0 Å². The third-order valence-electron chi connectivity index (χ3n) is 5.79. The molecular formula is C26H33N3O4. The van der Waals surface area contributed by atoms with Crippen molar-refractivity contribution < 1.29 is 19.4 Å². The van der Waals surface area contributed by atoms with Gasteiger partial charge < -0.3 is 19.6 Å². The van der Waals surface area contributed by atoms with Crippen LogP contribution >= 0.6 is 0 Å². The second kappa shape index (κ2) is 11.1. The molecule has 0 bridgehead atoms. The van der Waals surface area contributed by atoms with Gasteiger partial charge in [0.25, 0.3) is 11.7 Å². The van der Waals surface area contributed by atoms with Crippen LogP contribution in [0.15, 0.2) is 48.3 Å². The summed E-state index contributed by atoms with van der Waals surface area (Å²) in [6.07, 6.45) is 5.97. The van der Waals surface area contributed by atoms with Crippen molar-refractivity contribution in [3.63, 3.8) is 0 Å². The number of hydrogen-bond donors (Lipinski definition) is 1. The molecule has 2 heterocycles. The van der Waals surface area contributed by atoms with Crippen molar-refractivity contribution in [3.05, 3.63) is 65.0 Å². The number of aromatic nitrogens is 1. The number of hydrogen-bond acceptors (Lipinski definition) is 6. The van der Waals surface area contributed by atoms with E-state index in [1.165, 1.54) is 0 Å². The molecule has 33 heavy (non-hydrogen) atoms. The SMILES string of the molecule is CCCCOc1ccc(C(O)=C2C(=O)C(=O)N(CCCN(C)C)[C@@H]2c2ccncc2)c(C)c1. The van der Waals surface area contributed by atoms with Crippen LogP contribution < -0.4 is 4.74 Å². The average Bonchev–Trinajstić information content (AvgIpc) is 3.04. The molecule has 0 unspecified atom stereocenters. The zero-order chi connectivity index (χ0) is 24.0. The Morgan fingerprint density at radius 2 is 1.88 bits per heavy atom. The maximum absolute atomic E-state index is 13.1. The normalized spacial score (nSPS) is 17.7. The average molecular weight is 452 g/mol. The molecule has 0 aliphatic carbocycles. The van der Waals surface area contributed by atoms with E-state index in [0.29, 0.717) is 30.9 Å². The van der Waals surface area contributed by atoms with Gasteiger partial charge in [-0.05, 0) is 81.9 Å². The number of pyridine rings is 1. The molecule has 1 aliphatic rings. The lowest BCUT2D eigenvalue weighted by Crippen LogP contribution is -2.32. The number of ether oxygens (including phenoxy) is 1. The summed E-state index contributed by atoms with van der Waals surface area (Å²) in [5, 5.41) is 11.3. The van der Waals surface area contributed by atoms with Crippen LogP contribution in [0.1, 0.15) is 48.9 Å². The van der Waals surface area contributed by atoms with Crippen LogP contribution in [-0.4, -0.2) is 65.4 Å². The van der Waals surface area contributed by atoms with Gasteiger partial charge in [-0.25, -0.2) is 0 Å². The number of carbonyl (C=O) groups excluding carboxylic acids is 2. The number of benzene rings is 1. The molecule has 1 aromatic carbocycles. The number of aliphatic hydroxyl groups excluding tert-OH is 1. The fraction of sp³-hybridized carbons (Fsp3) is 0.423. The summed E-state index contributed by atoms with van der Waals surface area (Å²) in [6, 6.07) is 8.27. The Bertz CT molecular complexity index is 1020. The summed E-state index contributed by atoms with van der Waals surface area (Å²) in [4.78, 5) is 33.7. The van der Waals surface area contributed by atoms with Crippen molar-refractivity contribution in [2.45, 2.75) is 39.2 Å². The predicted molar refractivity (Wildman–Crippen MR) is 128 cm³/mol. The van der Waals surface area contributed by atoms with Crippen molar-refractivity contribution in [3.8, 4) is 5.75 Å². The van der Waals surface area contributed by atoms with Crippen LogP contribution in [0.4, 0.5) is 0 Å². The molecule has 1 aromatic heterocycles. The number of likely N-dealkylation sites (tertiary alicyclic amines) is 1. The minimum Gasteiger partial charge on any atom is -0.507 e. The van der Waals surface area contributed by atoms with E-state index in [1.54, 1.807) is 41.6 Å². The molecule has 1 amide bonds. The predicted octanol–water partition coefficient (Wildman–Crippen LogP) is 3.94. The molecule has 0 spiro atoms. The second-order valence-electron chi connectivity index (χ2n) is 8.61. The third-order valence-corrected chi connectivity index (χ3v) is 5.79. The fourth-order valence-electron chi connectivity index (χ4n) is 4.03. The Balaban J connectivity index is 2.00. The van der Waals surface area contributed by atoms with Crippen molar-refractivity contribution in [2.75, 3.05) is 33.8 Å². The number of carbonyl (C=O) groups is 2. The van der Waals surface area contributed by atoms with Gasteiger partial charge in [-0.3, -0.25) is 14.6 Å². The van der Waals surface area contributed by atoms with Gasteiger partial charge in [0.2, 0.25) is 0 Å². The summed E-state index contributed by atoms with van der Waals surface area (Å²) in [7, 11) is 3.93. The number of aliphatic hydroxyl groups is 1. The van der Waals surface area contributed by atoms with E-state index in [4.69, 9.17) is 4.74 Å². The topological polar surface area (TPSA) is 83.0 Å². The molecule has 1 saturated heterocycles. The van der Waals surface area contributed by atoms with Crippen LogP contribution in [0.25, 0.3) is 5.76 Å². The molecule has 1 N–H and O–H groups in total. The van der Waals surface area contributed by atoms with Gasteiger partial charge >= 0.3 is 0 Å². The van der Waals surface area contributed by atoms with Crippen LogP contribution in [0, 0.1) is 6.92 Å². The van der Waals surface area contributed by atoms with Crippen LogP contribution in [0.3, 0.4) is 0 Å². The maximum Gasteiger partial charge on any atom is 0.295 e. The number of Topliss-reactive ketones (excluding diaryl/α,β-unsaturated/α-hetero) is 1. The van der Waals surface area contributed by atoms with Crippen molar-refractivity contribution >= 4 is 17.4 Å². The van der Waals surface area contributed by atoms with Crippen molar-refractivity contribution in [1.29, 1.82) is 0 Å². The van der Waals surface area contributed by atoms with E-state index in [-0.39, 0.29) is 11.3 Å². The fourth-order valence-corrected chi connectivity index (χ4v) is 4.03. The van der Waals surface area contributed by atoms with Gasteiger partial charge in [0.1, 0.15) is 11.5 Å². The number of ketones is 1. The highest BCUT2D eigenvalue weighted by atomic mass is 16.5. The van der Waals surface area contributed by atoms with Gasteiger partial charge in [-0.2, -0.15) is 0 Å². The first-order valence-corrected chi connectivity index (χ1v) is 11.4. The zero-order valence-corrected chi connectivity index (χ0v) is 19.9. The van der Waals surface area contributed by atoms with Gasteiger partial charge in [-0.15, -0.1) is 0 Å². The molecule has 1 aliphatic heterocycles. The molecule has 0 radical (unpaired) electrons. The van der Waals surface area contributed by atoms with Crippen LogP contribution in [0.2, 0.25) is 0 Å². The highest BCUT2D eigenvalue weighted by Gasteiger charge is 2.45. The Hall–Kier alpha value is -3.19. The molecule has 3 rings (SSSR count). The van der Waals surface area contributed by atoms with E-state index in [1.807, 2.05) is 32.0 Å². The van der Waals surface area contributed by atoms with Gasteiger partial charge in [0.05, 0.1) is 18.2 Å². The lowest BCUT2D eigenvalue weighted by Gasteiger charge is -2.26. The Labute approximate surface area is 195 Å². The lowest BCUT2D eigenvalue weighted by atomic mass is 9.94. The first-order chi connectivity index (χ1) is 15.8. The first kappa shape index (κ1) is 24.5. The van der Waals surface area contributed by atoms with Gasteiger partial charge in [0.15, 0.2) is 0 Å². The summed E-state index contributed by atoms with van der Waals surface area (Å²) < 4.78 is 5.76. The van der Waals surface area contributed by atoms with E-state index < -0.39 is 17.7 Å². The molecule has 176 valence electrons. The highest BCUT2D eigenvalue weighted by molar-refractivity contribution is 6.46. The van der Waals surface area contributed by atoms with Gasteiger partial charge in [0, 0.05) is 24.5 Å². The Morgan fingerprint density at radius 1 is 1.15 bits per heavy atom. The van der Waals surface area contributed by atoms with Gasteiger partial charge in [-0.1, -0.05) is 13.3 Å². The quantitative estimate of drug-likeness (QED) is 0.255. The summed E-state index contributed by atoms with van der Waals surface area (Å²) in [6.45, 7) is 5.78. The smallest absolute Gasteiger partial charge is 0.295 e. The zero-order valence-electron chi connectivity index (χ0n) is 19.9. The van der Waals surface area contributed by atoms with E-state index in [9.17, 15) is 14.7 Å². The van der Waals surface area contributed by atoms with E-state index in [2.05, 4.69) is 11.9 Å². The molecular weight excluding hydrogens is 418 g/mol. The molecule has 1 atom stereocenters. The van der Waals surface area contributed by atoms with Crippen molar-refractivity contribution in [1.82, 2.24) is 14.8 Å². The monoisotopic (exact) mass is 451 g/mol. The van der Waals surface area contributed by atoms with E-state index in [0.717, 1.165) is 30.5 Å². The van der Waals surface area contributed by atoms with Crippen molar-refractivity contribution in [2.24, 2.45) is 0 Å². The molecule has 0 saturated carbocycles. The standard InChI is InChI=1S/C26H33N3O4/c1-5-6-16-33-20-8-9-21(18(2)17-20)24(30)22-23(19-10-12-27-13-11-19)29(26(32)25(22)31)15-7-14-28(3)4/h8-13,17,23,30H,5-7,14-16H2,1-4H3/t23-/m1/s1. The molecule has 7 heteroatoms. The molecule has 2 aromatic rings. The summed E-state index contributed by atoms with van der Waals surface area (Å²) >= 11 is 0. The number of amides is 1. The number of unbranched alkanes of at least 4 members (excludes halogenated alkanes) is 1.